The second-order valence-corrected chi connectivity index (χ2v) is 6.89. The molecule has 0 fully saturated rings. The van der Waals surface area contributed by atoms with Crippen LogP contribution >= 0.6 is 11.8 Å². The molecule has 4 rings (SSSR count). The number of halogens is 2. The van der Waals surface area contributed by atoms with Gasteiger partial charge < -0.3 is 0 Å². The monoisotopic (exact) mass is 380 g/mol. The molecule has 0 aliphatic rings. The van der Waals surface area contributed by atoms with Gasteiger partial charge in [-0.2, -0.15) is 0 Å². The Bertz CT molecular complexity index is 1170. The van der Waals surface area contributed by atoms with Crippen molar-refractivity contribution in [3.8, 4) is 5.69 Å². The molecule has 1 heterocycles. The van der Waals surface area contributed by atoms with Gasteiger partial charge in [-0.15, -0.1) is 0 Å². The average molecular weight is 380 g/mol. The maximum atomic E-state index is 13.7. The molecule has 134 valence electrons. The standard InChI is InChI=1S/C21H14F2N2OS/c22-15-10-8-14(9-11-15)13-27-21-24-19-7-2-1-6-18(19)20(26)25(21)17-5-3-4-16(23)12-17/h1-12H,13H2. The van der Waals surface area contributed by atoms with E-state index in [2.05, 4.69) is 4.98 Å². The Balaban J connectivity index is 1.83. The molecule has 0 amide bonds. The van der Waals surface area contributed by atoms with E-state index in [1.165, 1.54) is 40.6 Å². The van der Waals surface area contributed by atoms with Crippen molar-refractivity contribution in [1.82, 2.24) is 9.55 Å². The minimum atomic E-state index is -0.429. The van der Waals surface area contributed by atoms with Crippen LogP contribution in [0.4, 0.5) is 8.78 Å². The number of nitrogens with zero attached hydrogens (tertiary/aromatic N) is 2. The summed E-state index contributed by atoms with van der Waals surface area (Å²) >= 11 is 1.34. The van der Waals surface area contributed by atoms with Crippen LogP contribution in [0.5, 0.6) is 0 Å². The Hall–Kier alpha value is -2.99. The number of benzene rings is 3. The van der Waals surface area contributed by atoms with Crippen LogP contribution in [0.1, 0.15) is 5.56 Å². The molecule has 3 nitrogen and oxygen atoms in total. The fraction of sp³-hybridized carbons (Fsp3) is 0.0476. The molecule has 1 aromatic heterocycles. The molecular weight excluding hydrogens is 366 g/mol. The molecule has 0 unspecified atom stereocenters. The third kappa shape index (κ3) is 3.61. The number of thioether (sulfide) groups is 1. The van der Waals surface area contributed by atoms with Gasteiger partial charge in [0.15, 0.2) is 5.16 Å². The highest BCUT2D eigenvalue weighted by molar-refractivity contribution is 7.98. The molecule has 0 saturated carbocycles. The molecule has 3 aromatic carbocycles. The second-order valence-electron chi connectivity index (χ2n) is 5.95. The lowest BCUT2D eigenvalue weighted by Crippen LogP contribution is -2.21. The number of hydrogen-bond donors (Lipinski definition) is 0. The summed E-state index contributed by atoms with van der Waals surface area (Å²) in [6.45, 7) is 0. The van der Waals surface area contributed by atoms with Crippen molar-refractivity contribution in [2.24, 2.45) is 0 Å². The molecule has 0 atom stereocenters. The van der Waals surface area contributed by atoms with Crippen molar-refractivity contribution in [2.45, 2.75) is 10.9 Å². The number of para-hydroxylation sites is 1. The first kappa shape index (κ1) is 17.4. The number of fused-ring (bicyclic) bond motifs is 1. The lowest BCUT2D eigenvalue weighted by Gasteiger charge is -2.13. The molecule has 0 spiro atoms. The van der Waals surface area contributed by atoms with E-state index in [1.807, 2.05) is 6.07 Å². The summed E-state index contributed by atoms with van der Waals surface area (Å²) in [7, 11) is 0. The Labute approximate surface area is 158 Å². The summed E-state index contributed by atoms with van der Waals surface area (Å²) in [4.78, 5) is 17.7. The van der Waals surface area contributed by atoms with Crippen LogP contribution in [0.2, 0.25) is 0 Å². The Morgan fingerprint density at radius 3 is 2.44 bits per heavy atom. The van der Waals surface area contributed by atoms with E-state index in [9.17, 15) is 13.6 Å². The molecule has 0 aliphatic carbocycles. The van der Waals surface area contributed by atoms with Gasteiger partial charge in [-0.3, -0.25) is 9.36 Å². The number of aromatic nitrogens is 2. The van der Waals surface area contributed by atoms with Gasteiger partial charge in [0.05, 0.1) is 16.6 Å². The largest absolute Gasteiger partial charge is 0.268 e. The zero-order valence-corrected chi connectivity index (χ0v) is 14.9. The van der Waals surface area contributed by atoms with E-state index in [0.717, 1.165) is 5.56 Å². The quantitative estimate of drug-likeness (QED) is 0.371. The number of hydrogen-bond acceptors (Lipinski definition) is 3. The van der Waals surface area contributed by atoms with Crippen molar-refractivity contribution in [3.05, 3.63) is 100 Å². The van der Waals surface area contributed by atoms with Gasteiger partial charge in [0, 0.05) is 5.75 Å². The molecule has 0 radical (unpaired) electrons. The van der Waals surface area contributed by atoms with E-state index < -0.39 is 5.82 Å². The predicted octanol–water partition coefficient (Wildman–Crippen LogP) is 4.96. The lowest BCUT2D eigenvalue weighted by molar-refractivity contribution is 0.625. The zero-order chi connectivity index (χ0) is 18.8. The van der Waals surface area contributed by atoms with Gasteiger partial charge in [0.2, 0.25) is 0 Å². The van der Waals surface area contributed by atoms with Crippen LogP contribution in [0.15, 0.2) is 82.7 Å². The van der Waals surface area contributed by atoms with Crippen molar-refractivity contribution >= 4 is 22.7 Å². The van der Waals surface area contributed by atoms with Gasteiger partial charge in [-0.05, 0) is 48.0 Å². The van der Waals surface area contributed by atoms with Gasteiger partial charge >= 0.3 is 0 Å². The van der Waals surface area contributed by atoms with E-state index in [-0.39, 0.29) is 11.4 Å². The minimum absolute atomic E-state index is 0.257. The van der Waals surface area contributed by atoms with Crippen molar-refractivity contribution < 1.29 is 8.78 Å². The Morgan fingerprint density at radius 1 is 0.889 bits per heavy atom. The van der Waals surface area contributed by atoms with Crippen molar-refractivity contribution in [1.29, 1.82) is 0 Å². The number of rotatable bonds is 4. The van der Waals surface area contributed by atoms with Crippen LogP contribution in [0, 0.1) is 11.6 Å². The van der Waals surface area contributed by atoms with Gasteiger partial charge in [0.25, 0.3) is 5.56 Å². The Morgan fingerprint density at radius 2 is 1.67 bits per heavy atom. The minimum Gasteiger partial charge on any atom is -0.268 e. The van der Waals surface area contributed by atoms with Crippen LogP contribution in [0.3, 0.4) is 0 Å². The van der Waals surface area contributed by atoms with Gasteiger partial charge in [0.1, 0.15) is 11.6 Å². The maximum absolute atomic E-state index is 13.7. The zero-order valence-electron chi connectivity index (χ0n) is 14.1. The van der Waals surface area contributed by atoms with E-state index >= 15 is 0 Å². The third-order valence-electron chi connectivity index (χ3n) is 4.09. The summed E-state index contributed by atoms with van der Waals surface area (Å²) in [6.07, 6.45) is 0. The van der Waals surface area contributed by atoms with E-state index in [0.29, 0.717) is 27.5 Å². The highest BCUT2D eigenvalue weighted by Crippen LogP contribution is 2.25. The highest BCUT2D eigenvalue weighted by atomic mass is 32.2. The fourth-order valence-electron chi connectivity index (χ4n) is 2.78. The first-order valence-electron chi connectivity index (χ1n) is 8.27. The third-order valence-corrected chi connectivity index (χ3v) is 5.10. The SMILES string of the molecule is O=c1c2ccccc2nc(SCc2ccc(F)cc2)n1-c1cccc(F)c1. The first-order valence-corrected chi connectivity index (χ1v) is 9.25. The van der Waals surface area contributed by atoms with Gasteiger partial charge in [-0.25, -0.2) is 13.8 Å². The van der Waals surface area contributed by atoms with Crippen LogP contribution < -0.4 is 5.56 Å². The summed E-state index contributed by atoms with van der Waals surface area (Å²) in [5.74, 6) is -0.230. The normalized spacial score (nSPS) is 11.0. The van der Waals surface area contributed by atoms with Crippen molar-refractivity contribution in [3.63, 3.8) is 0 Å². The maximum Gasteiger partial charge on any atom is 0.266 e. The van der Waals surface area contributed by atoms with Crippen LogP contribution in [0.25, 0.3) is 16.6 Å². The summed E-state index contributed by atoms with van der Waals surface area (Å²) in [5.41, 5.74) is 1.64. The summed E-state index contributed by atoms with van der Waals surface area (Å²) in [6, 6.07) is 19.1. The lowest BCUT2D eigenvalue weighted by atomic mass is 10.2. The molecule has 27 heavy (non-hydrogen) atoms. The van der Waals surface area contributed by atoms with E-state index in [4.69, 9.17) is 0 Å². The highest BCUT2D eigenvalue weighted by Gasteiger charge is 2.14. The van der Waals surface area contributed by atoms with E-state index in [1.54, 1.807) is 42.5 Å². The molecular formula is C21H14F2N2OS. The summed E-state index contributed by atoms with van der Waals surface area (Å²) < 4.78 is 28.3. The van der Waals surface area contributed by atoms with Crippen LogP contribution in [-0.4, -0.2) is 9.55 Å². The topological polar surface area (TPSA) is 34.9 Å². The molecule has 0 N–H and O–H groups in total. The predicted molar refractivity (Wildman–Crippen MR) is 103 cm³/mol. The average Bonchev–Trinajstić information content (AvgIpc) is 2.68. The Kier molecular flexibility index (Phi) is 4.73. The molecule has 4 aromatic rings. The summed E-state index contributed by atoms with van der Waals surface area (Å²) in [5, 5.41) is 0.918. The van der Waals surface area contributed by atoms with Crippen LogP contribution in [-0.2, 0) is 5.75 Å². The molecule has 0 saturated heterocycles. The molecule has 6 heteroatoms. The fourth-order valence-corrected chi connectivity index (χ4v) is 3.75. The first-order chi connectivity index (χ1) is 13.1. The van der Waals surface area contributed by atoms with Gasteiger partial charge in [-0.1, -0.05) is 42.1 Å². The second kappa shape index (κ2) is 7.32. The molecule has 0 aliphatic heterocycles. The smallest absolute Gasteiger partial charge is 0.266 e. The molecule has 0 bridgehead atoms. The van der Waals surface area contributed by atoms with Crippen molar-refractivity contribution in [2.75, 3.05) is 0 Å².